The summed E-state index contributed by atoms with van der Waals surface area (Å²) in [6.07, 6.45) is 0. The zero-order valence-electron chi connectivity index (χ0n) is 22.7. The van der Waals surface area contributed by atoms with E-state index in [0.717, 1.165) is 10.9 Å². The molecular weight excluding hydrogens is 571 g/mol. The lowest BCUT2D eigenvalue weighted by Gasteiger charge is -2.22. The molecule has 6 rings (SSSR count). The van der Waals surface area contributed by atoms with Crippen molar-refractivity contribution in [3.05, 3.63) is 113 Å². The average molecular weight is 596 g/mol. The van der Waals surface area contributed by atoms with Crippen LogP contribution in [0.3, 0.4) is 0 Å². The van der Waals surface area contributed by atoms with Gasteiger partial charge >= 0.3 is 5.91 Å². The van der Waals surface area contributed by atoms with Crippen molar-refractivity contribution < 1.29 is 24.2 Å². The molecule has 1 aromatic heterocycles. The maximum Gasteiger partial charge on any atom is 0.301 e. The van der Waals surface area contributed by atoms with Gasteiger partial charge in [0.15, 0.2) is 15.8 Å². The predicted octanol–water partition coefficient (Wildman–Crippen LogP) is 6.63. The van der Waals surface area contributed by atoms with Crippen LogP contribution in [0.1, 0.15) is 22.7 Å². The van der Waals surface area contributed by atoms with Crippen molar-refractivity contribution >= 4 is 56.5 Å². The molecule has 0 radical (unpaired) electrons. The summed E-state index contributed by atoms with van der Waals surface area (Å²) in [4.78, 5) is 28.3. The van der Waals surface area contributed by atoms with Crippen LogP contribution in [0, 0.1) is 0 Å². The first-order chi connectivity index (χ1) is 20.5. The number of aliphatic hydroxyl groups excluding tert-OH is 1. The van der Waals surface area contributed by atoms with Gasteiger partial charge in [-0.3, -0.25) is 14.5 Å². The van der Waals surface area contributed by atoms with Crippen LogP contribution in [-0.2, 0) is 15.3 Å². The second-order valence-electron chi connectivity index (χ2n) is 9.43. The molecule has 4 aromatic carbocycles. The van der Waals surface area contributed by atoms with Crippen LogP contribution < -0.4 is 14.4 Å². The highest BCUT2D eigenvalue weighted by Gasteiger charge is 2.48. The van der Waals surface area contributed by atoms with Gasteiger partial charge < -0.3 is 14.6 Å². The molecular formula is C32H25N3O5S2. The summed E-state index contributed by atoms with van der Waals surface area (Å²) in [5.74, 6) is -0.402. The van der Waals surface area contributed by atoms with Crippen molar-refractivity contribution in [2.75, 3.05) is 19.1 Å². The SMILES string of the molecule is COc1ccc(C(O)=C2C(=O)C(=O)N(c3nnc(SCc4cccc5ccccc45)s3)C2c2ccccc2)cc1OC. The molecule has 5 aromatic rings. The Morgan fingerprint density at radius 1 is 0.905 bits per heavy atom. The summed E-state index contributed by atoms with van der Waals surface area (Å²) in [6.45, 7) is 0. The normalized spacial score (nSPS) is 16.2. The van der Waals surface area contributed by atoms with Crippen molar-refractivity contribution in [2.24, 2.45) is 0 Å². The summed E-state index contributed by atoms with van der Waals surface area (Å²) in [5, 5.41) is 22.7. The van der Waals surface area contributed by atoms with E-state index in [9.17, 15) is 14.7 Å². The number of fused-ring (bicyclic) bond motifs is 1. The number of Topliss-reactive ketones (excluding diaryl/α,β-unsaturated/α-hetero) is 1. The fourth-order valence-corrected chi connectivity index (χ4v) is 6.91. The Bertz CT molecular complexity index is 1830. The molecule has 0 bridgehead atoms. The number of methoxy groups -OCH3 is 2. The molecule has 1 aliphatic rings. The monoisotopic (exact) mass is 595 g/mol. The summed E-state index contributed by atoms with van der Waals surface area (Å²) >= 11 is 2.75. The van der Waals surface area contributed by atoms with Gasteiger partial charge in [-0.25, -0.2) is 0 Å². The average Bonchev–Trinajstić information content (AvgIpc) is 3.61. The fraction of sp³-hybridized carbons (Fsp3) is 0.125. The van der Waals surface area contributed by atoms with Gasteiger partial charge in [0.2, 0.25) is 5.13 Å². The van der Waals surface area contributed by atoms with E-state index in [0.29, 0.717) is 32.7 Å². The minimum atomic E-state index is -0.900. The first-order valence-electron chi connectivity index (χ1n) is 13.0. The van der Waals surface area contributed by atoms with E-state index in [2.05, 4.69) is 34.5 Å². The second-order valence-corrected chi connectivity index (χ2v) is 11.6. The molecule has 2 heterocycles. The molecule has 0 aliphatic carbocycles. The van der Waals surface area contributed by atoms with Crippen molar-refractivity contribution in [1.29, 1.82) is 0 Å². The number of aliphatic hydroxyl groups is 1. The summed E-state index contributed by atoms with van der Waals surface area (Å²) in [5.41, 5.74) is 2.09. The zero-order chi connectivity index (χ0) is 29.2. The van der Waals surface area contributed by atoms with Gasteiger partial charge in [-0.15, -0.1) is 10.2 Å². The first kappa shape index (κ1) is 27.5. The largest absolute Gasteiger partial charge is 0.507 e. The topological polar surface area (TPSA) is 102 Å². The molecule has 210 valence electrons. The van der Waals surface area contributed by atoms with Gasteiger partial charge in [0.05, 0.1) is 25.8 Å². The maximum absolute atomic E-state index is 13.5. The molecule has 10 heteroatoms. The second kappa shape index (κ2) is 11.7. The summed E-state index contributed by atoms with van der Waals surface area (Å²) in [6, 6.07) is 27.4. The van der Waals surface area contributed by atoms with Gasteiger partial charge in [0.1, 0.15) is 5.76 Å². The Kier molecular flexibility index (Phi) is 7.64. The van der Waals surface area contributed by atoms with E-state index in [1.165, 1.54) is 47.6 Å². The van der Waals surface area contributed by atoms with Crippen molar-refractivity contribution in [2.45, 2.75) is 16.1 Å². The number of aromatic nitrogens is 2. The molecule has 42 heavy (non-hydrogen) atoms. The number of benzene rings is 4. The Morgan fingerprint density at radius 2 is 1.64 bits per heavy atom. The number of anilines is 1. The van der Waals surface area contributed by atoms with Crippen LogP contribution in [0.5, 0.6) is 11.5 Å². The minimum Gasteiger partial charge on any atom is -0.507 e. The Hall–Kier alpha value is -4.67. The molecule has 8 nitrogen and oxygen atoms in total. The number of hydrogen-bond acceptors (Lipinski definition) is 9. The van der Waals surface area contributed by atoms with Gasteiger partial charge in [0.25, 0.3) is 5.78 Å². The lowest BCUT2D eigenvalue weighted by Crippen LogP contribution is -2.29. The van der Waals surface area contributed by atoms with E-state index >= 15 is 0 Å². The molecule has 0 spiro atoms. The number of ether oxygens (including phenoxy) is 2. The van der Waals surface area contributed by atoms with Crippen LogP contribution in [-0.4, -0.2) is 41.2 Å². The van der Waals surface area contributed by atoms with Crippen molar-refractivity contribution in [3.63, 3.8) is 0 Å². The fourth-order valence-electron chi connectivity index (χ4n) is 5.04. The molecule has 1 atom stereocenters. The lowest BCUT2D eigenvalue weighted by atomic mass is 9.95. The summed E-state index contributed by atoms with van der Waals surface area (Å²) in [7, 11) is 2.99. The Morgan fingerprint density at radius 3 is 2.43 bits per heavy atom. The third-order valence-electron chi connectivity index (χ3n) is 7.05. The van der Waals surface area contributed by atoms with Gasteiger partial charge in [-0.2, -0.15) is 0 Å². The Labute approximate surface area is 250 Å². The van der Waals surface area contributed by atoms with E-state index in [1.54, 1.807) is 18.2 Å². The molecule has 1 amide bonds. The third-order valence-corrected chi connectivity index (χ3v) is 9.15. The maximum atomic E-state index is 13.5. The molecule has 1 fully saturated rings. The highest BCUT2D eigenvalue weighted by molar-refractivity contribution is 8.00. The standard InChI is InChI=1S/C32H25N3O5S2/c1-39-24-16-15-21(17-25(24)40-2)28(36)26-27(20-10-4-3-5-11-20)35(30(38)29(26)37)31-33-34-32(42-31)41-18-22-13-8-12-19-9-6-7-14-23(19)22/h3-17,27,36H,18H2,1-2H3. The number of amides is 1. The van der Waals surface area contributed by atoms with E-state index in [-0.39, 0.29) is 16.5 Å². The number of hydrogen-bond donors (Lipinski definition) is 1. The highest BCUT2D eigenvalue weighted by Crippen LogP contribution is 2.44. The minimum absolute atomic E-state index is 0.0430. The molecule has 0 saturated carbocycles. The van der Waals surface area contributed by atoms with Gasteiger partial charge in [-0.05, 0) is 40.1 Å². The van der Waals surface area contributed by atoms with E-state index in [4.69, 9.17) is 9.47 Å². The smallest absolute Gasteiger partial charge is 0.301 e. The van der Waals surface area contributed by atoms with Crippen LogP contribution in [0.15, 0.2) is 101 Å². The number of ketones is 1. The zero-order valence-corrected chi connectivity index (χ0v) is 24.3. The van der Waals surface area contributed by atoms with Crippen LogP contribution in [0.4, 0.5) is 5.13 Å². The summed E-state index contributed by atoms with van der Waals surface area (Å²) < 4.78 is 11.3. The van der Waals surface area contributed by atoms with Crippen LogP contribution in [0.25, 0.3) is 16.5 Å². The van der Waals surface area contributed by atoms with E-state index < -0.39 is 17.7 Å². The predicted molar refractivity (Wildman–Crippen MR) is 164 cm³/mol. The molecule has 1 saturated heterocycles. The Balaban J connectivity index is 1.36. The first-order valence-corrected chi connectivity index (χ1v) is 14.8. The van der Waals surface area contributed by atoms with Crippen LogP contribution in [0.2, 0.25) is 0 Å². The highest BCUT2D eigenvalue weighted by atomic mass is 32.2. The molecule has 1 unspecified atom stereocenters. The van der Waals surface area contributed by atoms with E-state index in [1.807, 2.05) is 48.5 Å². The number of carbonyl (C=O) groups is 2. The van der Waals surface area contributed by atoms with Crippen molar-refractivity contribution in [1.82, 2.24) is 10.2 Å². The lowest BCUT2D eigenvalue weighted by molar-refractivity contribution is -0.132. The number of thioether (sulfide) groups is 1. The third kappa shape index (κ3) is 4.99. The molecule has 1 N–H and O–H groups in total. The number of carbonyl (C=O) groups excluding carboxylic acids is 2. The van der Waals surface area contributed by atoms with Gasteiger partial charge in [0, 0.05) is 11.3 Å². The molecule has 1 aliphatic heterocycles. The number of nitrogens with zero attached hydrogens (tertiary/aromatic N) is 3. The van der Waals surface area contributed by atoms with Crippen LogP contribution >= 0.6 is 23.1 Å². The quantitative estimate of drug-likeness (QED) is 0.0702. The van der Waals surface area contributed by atoms with Gasteiger partial charge in [-0.1, -0.05) is 95.9 Å². The number of rotatable bonds is 8. The van der Waals surface area contributed by atoms with Crippen molar-refractivity contribution in [3.8, 4) is 11.5 Å².